The van der Waals surface area contributed by atoms with Crippen LogP contribution >= 0.6 is 0 Å². The lowest BCUT2D eigenvalue weighted by molar-refractivity contribution is 0.453. The van der Waals surface area contributed by atoms with Crippen molar-refractivity contribution in [2.45, 2.75) is 31.8 Å². The number of fused-ring (bicyclic) bond motifs is 1. The molecule has 1 atom stereocenters. The van der Waals surface area contributed by atoms with Gasteiger partial charge in [-0.1, -0.05) is 24.3 Å². The largest absolute Gasteiger partial charge is 0.353 e. The summed E-state index contributed by atoms with van der Waals surface area (Å²) >= 11 is 0. The summed E-state index contributed by atoms with van der Waals surface area (Å²) in [6.07, 6.45) is 5.88. The Morgan fingerprint density at radius 1 is 1.22 bits per heavy atom. The highest BCUT2D eigenvalue weighted by molar-refractivity contribution is 5.32. The molecule has 1 aromatic heterocycles. The Kier molecular flexibility index (Phi) is 3.20. The molecule has 0 spiro atoms. The van der Waals surface area contributed by atoms with Crippen molar-refractivity contribution in [2.75, 3.05) is 0 Å². The molecule has 2 aromatic rings. The Bertz CT molecular complexity index is 527. The number of hydrogen-bond acceptors (Lipinski definition) is 1. The number of hydrogen-bond donors (Lipinski definition) is 1. The number of rotatable bonds is 3. The van der Waals surface area contributed by atoms with Crippen molar-refractivity contribution in [1.82, 2.24) is 9.88 Å². The van der Waals surface area contributed by atoms with Crippen LogP contribution < -0.4 is 5.32 Å². The molecule has 1 aliphatic rings. The zero-order valence-electron chi connectivity index (χ0n) is 10.9. The third kappa shape index (κ3) is 2.21. The molecule has 1 heterocycles. The van der Waals surface area contributed by atoms with Crippen molar-refractivity contribution < 1.29 is 0 Å². The first kappa shape index (κ1) is 11.5. The highest BCUT2D eigenvalue weighted by Gasteiger charge is 2.19. The molecule has 0 radical (unpaired) electrons. The van der Waals surface area contributed by atoms with E-state index in [9.17, 15) is 0 Å². The first-order valence-corrected chi connectivity index (χ1v) is 6.76. The average Bonchev–Trinajstić information content (AvgIpc) is 2.82. The lowest BCUT2D eigenvalue weighted by atomic mass is 9.88. The predicted molar refractivity (Wildman–Crippen MR) is 74.4 cm³/mol. The summed E-state index contributed by atoms with van der Waals surface area (Å²) < 4.78 is 2.18. The molecule has 0 saturated heterocycles. The van der Waals surface area contributed by atoms with Crippen LogP contribution in [0.15, 0.2) is 42.6 Å². The molecule has 0 bridgehead atoms. The normalized spacial score (nSPS) is 18.6. The highest BCUT2D eigenvalue weighted by Crippen LogP contribution is 2.29. The van der Waals surface area contributed by atoms with E-state index in [1.807, 2.05) is 0 Å². The molecule has 1 unspecified atom stereocenters. The van der Waals surface area contributed by atoms with E-state index in [0.717, 1.165) is 6.54 Å². The highest BCUT2D eigenvalue weighted by atomic mass is 15.0. The number of aryl methyl sites for hydroxylation is 2. The van der Waals surface area contributed by atoms with Gasteiger partial charge in [0.1, 0.15) is 0 Å². The Labute approximate surface area is 109 Å². The zero-order valence-corrected chi connectivity index (χ0v) is 10.9. The molecule has 1 aliphatic carbocycles. The molecule has 0 amide bonds. The van der Waals surface area contributed by atoms with Gasteiger partial charge in [-0.25, -0.2) is 0 Å². The summed E-state index contributed by atoms with van der Waals surface area (Å²) in [5.41, 5.74) is 4.36. The van der Waals surface area contributed by atoms with Crippen LogP contribution in [0.3, 0.4) is 0 Å². The van der Waals surface area contributed by atoms with Gasteiger partial charge in [-0.2, -0.15) is 0 Å². The predicted octanol–water partition coefficient (Wildman–Crippen LogP) is 3.19. The molecule has 18 heavy (non-hydrogen) atoms. The standard InChI is InChI=1S/C16H20N2/c1-18-11-5-8-14(18)12-17-16-10-4-7-13-6-2-3-9-15(13)16/h2-3,5-6,8-9,11,16-17H,4,7,10,12H2,1H3. The van der Waals surface area contributed by atoms with Crippen molar-refractivity contribution in [3.63, 3.8) is 0 Å². The SMILES string of the molecule is Cn1cccc1CNC1CCCc2ccccc21. The molecule has 3 rings (SSSR count). The van der Waals surface area contributed by atoms with E-state index in [4.69, 9.17) is 0 Å². The van der Waals surface area contributed by atoms with Gasteiger partial charge in [0.2, 0.25) is 0 Å². The number of nitrogens with one attached hydrogen (secondary N) is 1. The van der Waals surface area contributed by atoms with Gasteiger partial charge in [-0.15, -0.1) is 0 Å². The molecule has 0 fully saturated rings. The monoisotopic (exact) mass is 240 g/mol. The van der Waals surface area contributed by atoms with Gasteiger partial charge in [-0.3, -0.25) is 0 Å². The van der Waals surface area contributed by atoms with Crippen LogP contribution in [0.25, 0.3) is 0 Å². The van der Waals surface area contributed by atoms with Gasteiger partial charge in [0.05, 0.1) is 0 Å². The molecule has 1 aromatic carbocycles. The fourth-order valence-electron chi connectivity index (χ4n) is 2.87. The van der Waals surface area contributed by atoms with Gasteiger partial charge in [0.15, 0.2) is 0 Å². The summed E-state index contributed by atoms with van der Waals surface area (Å²) in [4.78, 5) is 0. The van der Waals surface area contributed by atoms with E-state index in [0.29, 0.717) is 6.04 Å². The first-order chi connectivity index (χ1) is 8.84. The minimum atomic E-state index is 0.518. The van der Waals surface area contributed by atoms with E-state index in [1.54, 1.807) is 0 Å². The fraction of sp³-hybridized carbons (Fsp3) is 0.375. The van der Waals surface area contributed by atoms with Crippen LogP contribution in [-0.2, 0) is 20.0 Å². The number of nitrogens with zero attached hydrogens (tertiary/aromatic N) is 1. The molecule has 0 aliphatic heterocycles. The van der Waals surface area contributed by atoms with Gasteiger partial charge in [0, 0.05) is 31.5 Å². The van der Waals surface area contributed by atoms with Crippen molar-refractivity contribution in [1.29, 1.82) is 0 Å². The van der Waals surface area contributed by atoms with Crippen LogP contribution in [0.4, 0.5) is 0 Å². The maximum Gasteiger partial charge on any atom is 0.0364 e. The number of aromatic nitrogens is 1. The average molecular weight is 240 g/mol. The fourth-order valence-corrected chi connectivity index (χ4v) is 2.87. The lowest BCUT2D eigenvalue weighted by Gasteiger charge is -2.26. The maximum absolute atomic E-state index is 3.70. The van der Waals surface area contributed by atoms with Crippen LogP contribution in [-0.4, -0.2) is 4.57 Å². The summed E-state index contributed by atoms with van der Waals surface area (Å²) in [7, 11) is 2.10. The minimum Gasteiger partial charge on any atom is -0.353 e. The van der Waals surface area contributed by atoms with Crippen molar-refractivity contribution in [2.24, 2.45) is 7.05 Å². The topological polar surface area (TPSA) is 17.0 Å². The summed E-state index contributed by atoms with van der Waals surface area (Å²) in [5.74, 6) is 0. The van der Waals surface area contributed by atoms with Crippen LogP contribution in [0, 0.1) is 0 Å². The smallest absolute Gasteiger partial charge is 0.0364 e. The van der Waals surface area contributed by atoms with Gasteiger partial charge < -0.3 is 9.88 Å². The quantitative estimate of drug-likeness (QED) is 0.872. The second-order valence-electron chi connectivity index (χ2n) is 5.13. The van der Waals surface area contributed by atoms with Crippen molar-refractivity contribution >= 4 is 0 Å². The van der Waals surface area contributed by atoms with Gasteiger partial charge >= 0.3 is 0 Å². The van der Waals surface area contributed by atoms with Gasteiger partial charge in [0.25, 0.3) is 0 Å². The molecule has 1 N–H and O–H groups in total. The second-order valence-corrected chi connectivity index (χ2v) is 5.13. The second kappa shape index (κ2) is 4.99. The zero-order chi connectivity index (χ0) is 12.4. The summed E-state index contributed by atoms with van der Waals surface area (Å²) in [6.45, 7) is 0.947. The van der Waals surface area contributed by atoms with Crippen molar-refractivity contribution in [3.8, 4) is 0 Å². The summed E-state index contributed by atoms with van der Waals surface area (Å²) in [5, 5.41) is 3.70. The number of benzene rings is 1. The molecule has 2 heteroatoms. The Balaban J connectivity index is 1.73. The van der Waals surface area contributed by atoms with E-state index >= 15 is 0 Å². The molecule has 0 saturated carbocycles. The Morgan fingerprint density at radius 3 is 2.94 bits per heavy atom. The molecule has 94 valence electrons. The minimum absolute atomic E-state index is 0.518. The Hall–Kier alpha value is -1.54. The van der Waals surface area contributed by atoms with Crippen molar-refractivity contribution in [3.05, 3.63) is 59.4 Å². The van der Waals surface area contributed by atoms with Gasteiger partial charge in [-0.05, 0) is 42.5 Å². The first-order valence-electron chi connectivity index (χ1n) is 6.76. The van der Waals surface area contributed by atoms with Crippen LogP contribution in [0.2, 0.25) is 0 Å². The lowest BCUT2D eigenvalue weighted by Crippen LogP contribution is -2.25. The maximum atomic E-state index is 3.70. The van der Waals surface area contributed by atoms with Crippen LogP contribution in [0.1, 0.15) is 35.7 Å². The van der Waals surface area contributed by atoms with E-state index < -0.39 is 0 Å². The third-order valence-electron chi connectivity index (χ3n) is 3.95. The van der Waals surface area contributed by atoms with E-state index in [1.165, 1.54) is 36.1 Å². The molecular weight excluding hydrogens is 220 g/mol. The Morgan fingerprint density at radius 2 is 2.11 bits per heavy atom. The molecule has 2 nitrogen and oxygen atoms in total. The van der Waals surface area contributed by atoms with E-state index in [-0.39, 0.29) is 0 Å². The third-order valence-corrected chi connectivity index (χ3v) is 3.95. The molecular formula is C16H20N2. The van der Waals surface area contributed by atoms with Crippen LogP contribution in [0.5, 0.6) is 0 Å². The summed E-state index contributed by atoms with van der Waals surface area (Å²) in [6, 6.07) is 13.7. The van der Waals surface area contributed by atoms with E-state index in [2.05, 4.69) is 59.5 Å².